The highest BCUT2D eigenvalue weighted by Crippen LogP contribution is 2.21. The normalized spacial score (nSPS) is 9.93. The first-order valence-electron chi connectivity index (χ1n) is 4.42. The van der Waals surface area contributed by atoms with Crippen molar-refractivity contribution in [3.63, 3.8) is 0 Å². The van der Waals surface area contributed by atoms with Crippen molar-refractivity contribution in [2.45, 2.75) is 0 Å². The van der Waals surface area contributed by atoms with Gasteiger partial charge in [-0.1, -0.05) is 0 Å². The van der Waals surface area contributed by atoms with Crippen LogP contribution in [0.1, 0.15) is 0 Å². The van der Waals surface area contributed by atoms with E-state index in [2.05, 4.69) is 15.0 Å². The van der Waals surface area contributed by atoms with Crippen LogP contribution in [-0.4, -0.2) is 22.1 Å². The molecule has 0 saturated carbocycles. The first kappa shape index (κ1) is 9.54. The molecule has 76 valence electrons. The number of nitrogens with zero attached hydrogens (tertiary/aromatic N) is 4. The second kappa shape index (κ2) is 4.47. The fourth-order valence-electron chi connectivity index (χ4n) is 1.21. The van der Waals surface area contributed by atoms with E-state index in [-0.39, 0.29) is 0 Å². The quantitative estimate of drug-likeness (QED) is 0.707. The average molecular weight is 202 g/mol. The zero-order chi connectivity index (χ0) is 10.5. The van der Waals surface area contributed by atoms with Gasteiger partial charge in [-0.3, -0.25) is 9.82 Å². The number of hydrogen-bond acceptors (Lipinski definition) is 5. The second-order valence-electron chi connectivity index (χ2n) is 2.75. The van der Waals surface area contributed by atoms with Crippen molar-refractivity contribution in [2.24, 2.45) is 0 Å². The summed E-state index contributed by atoms with van der Waals surface area (Å²) in [7, 11) is 1.59. The Kier molecular flexibility index (Phi) is 2.85. The van der Waals surface area contributed by atoms with Crippen molar-refractivity contribution >= 4 is 11.5 Å². The molecule has 2 rings (SSSR count). The maximum absolute atomic E-state index is 5.24. The summed E-state index contributed by atoms with van der Waals surface area (Å²) in [5, 5.41) is 1.60. The van der Waals surface area contributed by atoms with Gasteiger partial charge in [0.2, 0.25) is 0 Å². The fourth-order valence-corrected chi connectivity index (χ4v) is 1.21. The molecule has 0 amide bonds. The van der Waals surface area contributed by atoms with Gasteiger partial charge in [0.15, 0.2) is 5.82 Å². The summed E-state index contributed by atoms with van der Waals surface area (Å²) in [4.78, 5) is 17.1. The molecule has 0 unspecified atom stereocenters. The van der Waals surface area contributed by atoms with Crippen molar-refractivity contribution in [1.82, 2.24) is 15.0 Å². The van der Waals surface area contributed by atoms with Gasteiger partial charge in [-0.15, -0.1) is 0 Å². The zero-order valence-corrected chi connectivity index (χ0v) is 8.24. The molecule has 5 heteroatoms. The molecule has 0 aliphatic carbocycles. The van der Waals surface area contributed by atoms with Crippen LogP contribution in [0.3, 0.4) is 0 Å². The van der Waals surface area contributed by atoms with Crippen molar-refractivity contribution in [3.8, 4) is 0 Å². The van der Waals surface area contributed by atoms with Crippen LogP contribution in [0, 0.1) is 0 Å². The van der Waals surface area contributed by atoms with Crippen LogP contribution in [0.5, 0.6) is 0 Å². The van der Waals surface area contributed by atoms with E-state index in [0.717, 1.165) is 5.69 Å². The van der Waals surface area contributed by atoms with Crippen LogP contribution >= 0.6 is 0 Å². The summed E-state index contributed by atoms with van der Waals surface area (Å²) in [5.41, 5.74) is 0.867. The predicted octanol–water partition coefficient (Wildman–Crippen LogP) is 1.57. The third-order valence-electron chi connectivity index (χ3n) is 1.85. The smallest absolute Gasteiger partial charge is 0.161 e. The van der Waals surface area contributed by atoms with E-state index >= 15 is 0 Å². The van der Waals surface area contributed by atoms with E-state index in [1.165, 1.54) is 6.33 Å². The molecule has 0 spiro atoms. The Hall–Kier alpha value is -2.01. The summed E-state index contributed by atoms with van der Waals surface area (Å²) in [6, 6.07) is 5.45. The van der Waals surface area contributed by atoms with Crippen molar-refractivity contribution in [1.29, 1.82) is 0 Å². The molecule has 5 nitrogen and oxygen atoms in total. The zero-order valence-electron chi connectivity index (χ0n) is 8.24. The first-order chi connectivity index (χ1) is 7.42. The minimum Gasteiger partial charge on any atom is -0.270 e. The largest absolute Gasteiger partial charge is 0.270 e. The third-order valence-corrected chi connectivity index (χ3v) is 1.85. The second-order valence-corrected chi connectivity index (χ2v) is 2.75. The number of hydrogen-bond donors (Lipinski definition) is 0. The molecule has 2 aromatic rings. The molecule has 2 aromatic heterocycles. The first-order valence-corrected chi connectivity index (χ1v) is 4.42. The lowest BCUT2D eigenvalue weighted by atomic mass is 10.4. The summed E-state index contributed by atoms with van der Waals surface area (Å²) >= 11 is 0. The number of aromatic nitrogens is 3. The van der Waals surface area contributed by atoms with Gasteiger partial charge >= 0.3 is 0 Å². The lowest BCUT2D eigenvalue weighted by molar-refractivity contribution is 0.199. The number of rotatable bonds is 3. The van der Waals surface area contributed by atoms with E-state index in [1.54, 1.807) is 36.8 Å². The van der Waals surface area contributed by atoms with Crippen LogP contribution < -0.4 is 5.06 Å². The summed E-state index contributed by atoms with van der Waals surface area (Å²) in [6.45, 7) is 0. The maximum atomic E-state index is 5.24. The van der Waals surface area contributed by atoms with E-state index < -0.39 is 0 Å². The van der Waals surface area contributed by atoms with Gasteiger partial charge in [-0.25, -0.2) is 15.0 Å². The van der Waals surface area contributed by atoms with Crippen molar-refractivity contribution in [3.05, 3.63) is 43.1 Å². The molecule has 2 heterocycles. The van der Waals surface area contributed by atoms with E-state index in [9.17, 15) is 0 Å². The Labute approximate surface area is 87.3 Å². The Morgan fingerprint density at radius 1 is 1.07 bits per heavy atom. The van der Waals surface area contributed by atoms with Gasteiger partial charge in [0.25, 0.3) is 0 Å². The molecule has 0 bridgehead atoms. The molecule has 0 fully saturated rings. The number of pyridine rings is 1. The highest BCUT2D eigenvalue weighted by molar-refractivity contribution is 5.55. The topological polar surface area (TPSA) is 51.1 Å². The van der Waals surface area contributed by atoms with Gasteiger partial charge < -0.3 is 0 Å². The monoisotopic (exact) mass is 202 g/mol. The molecule has 0 atom stereocenters. The minimum atomic E-state index is 0.679. The standard InChI is InChI=1S/C10H10N4O/c1-15-14(9-2-5-11-6-3-9)10-4-7-12-8-13-10/h2-8H,1H3. The molecule has 0 aliphatic rings. The van der Waals surface area contributed by atoms with Crippen LogP contribution in [0.15, 0.2) is 43.1 Å². The van der Waals surface area contributed by atoms with E-state index in [4.69, 9.17) is 4.84 Å². The maximum Gasteiger partial charge on any atom is 0.161 e. The lowest BCUT2D eigenvalue weighted by Crippen LogP contribution is -2.16. The van der Waals surface area contributed by atoms with Gasteiger partial charge in [0.05, 0.1) is 12.8 Å². The highest BCUT2D eigenvalue weighted by atomic mass is 16.7. The van der Waals surface area contributed by atoms with Crippen LogP contribution in [-0.2, 0) is 4.84 Å². The Balaban J connectivity index is 2.34. The van der Waals surface area contributed by atoms with Gasteiger partial charge in [-0.05, 0) is 12.1 Å². The molecular formula is C10H10N4O. The molecule has 0 saturated heterocycles. The molecule has 15 heavy (non-hydrogen) atoms. The summed E-state index contributed by atoms with van der Waals surface area (Å²) in [5.74, 6) is 0.679. The van der Waals surface area contributed by atoms with Crippen molar-refractivity contribution in [2.75, 3.05) is 12.2 Å². The molecule has 0 aliphatic heterocycles. The van der Waals surface area contributed by atoms with Crippen LogP contribution in [0.2, 0.25) is 0 Å². The molecule has 0 N–H and O–H groups in total. The third kappa shape index (κ3) is 2.08. The van der Waals surface area contributed by atoms with Crippen LogP contribution in [0.4, 0.5) is 11.5 Å². The lowest BCUT2D eigenvalue weighted by Gasteiger charge is -2.19. The predicted molar refractivity (Wildman–Crippen MR) is 55.4 cm³/mol. The Morgan fingerprint density at radius 3 is 2.40 bits per heavy atom. The number of anilines is 2. The molecule has 0 radical (unpaired) electrons. The Bertz CT molecular complexity index is 367. The highest BCUT2D eigenvalue weighted by Gasteiger charge is 2.08. The van der Waals surface area contributed by atoms with E-state index in [1.807, 2.05) is 12.1 Å². The Morgan fingerprint density at radius 2 is 1.80 bits per heavy atom. The van der Waals surface area contributed by atoms with Gasteiger partial charge in [0.1, 0.15) is 6.33 Å². The summed E-state index contributed by atoms with van der Waals surface area (Å²) < 4.78 is 0. The van der Waals surface area contributed by atoms with Crippen molar-refractivity contribution < 1.29 is 4.84 Å². The SMILES string of the molecule is CON(c1ccncc1)c1ccncn1. The van der Waals surface area contributed by atoms with Gasteiger partial charge in [0, 0.05) is 24.7 Å². The molecular weight excluding hydrogens is 192 g/mol. The average Bonchev–Trinajstić information content (AvgIpc) is 2.33. The van der Waals surface area contributed by atoms with Crippen LogP contribution in [0.25, 0.3) is 0 Å². The minimum absolute atomic E-state index is 0.679. The van der Waals surface area contributed by atoms with E-state index in [0.29, 0.717) is 5.82 Å². The van der Waals surface area contributed by atoms with Gasteiger partial charge in [-0.2, -0.15) is 0 Å². The summed E-state index contributed by atoms with van der Waals surface area (Å²) in [6.07, 6.45) is 6.53. The fraction of sp³-hybridized carbons (Fsp3) is 0.100. The molecule has 0 aromatic carbocycles.